The van der Waals surface area contributed by atoms with E-state index in [1.165, 1.54) is 85.9 Å². The fraction of sp³-hybridized carbons (Fsp3) is 0. The van der Waals surface area contributed by atoms with Crippen molar-refractivity contribution in [2.75, 3.05) is 4.90 Å². The normalized spacial score (nSPS) is 11.6. The molecular weight excluding hydrogens is 695 g/mol. The molecule has 0 unspecified atom stereocenters. The van der Waals surface area contributed by atoms with Crippen molar-refractivity contribution in [3.63, 3.8) is 0 Å². The van der Waals surface area contributed by atoms with Crippen molar-refractivity contribution in [3.8, 4) is 33.4 Å². The second kappa shape index (κ2) is 13.4. The van der Waals surface area contributed by atoms with E-state index in [1.54, 1.807) is 0 Å². The van der Waals surface area contributed by atoms with Crippen LogP contribution in [0.15, 0.2) is 212 Å². The molecule has 0 bridgehead atoms. The molecule has 0 aliphatic heterocycles. The number of rotatable bonds is 6. The van der Waals surface area contributed by atoms with E-state index in [1.807, 2.05) is 11.3 Å². The van der Waals surface area contributed by atoms with Crippen LogP contribution in [0.3, 0.4) is 0 Å². The number of hydrogen-bond donors (Lipinski definition) is 0. The van der Waals surface area contributed by atoms with Gasteiger partial charge >= 0.3 is 0 Å². The molecule has 11 aromatic rings. The molecule has 0 radical (unpaired) electrons. The molecule has 2 heteroatoms. The smallest absolute Gasteiger partial charge is 0.0540 e. The summed E-state index contributed by atoms with van der Waals surface area (Å²) in [5.41, 5.74) is 10.6. The summed E-state index contributed by atoms with van der Waals surface area (Å²) in [5.74, 6) is 0. The summed E-state index contributed by atoms with van der Waals surface area (Å²) in [6.45, 7) is 0. The van der Waals surface area contributed by atoms with Crippen LogP contribution in [-0.2, 0) is 0 Å². The third-order valence-corrected chi connectivity index (χ3v) is 12.5. The maximum Gasteiger partial charge on any atom is 0.0540 e. The number of hydrogen-bond acceptors (Lipinski definition) is 2. The van der Waals surface area contributed by atoms with E-state index >= 15 is 0 Å². The van der Waals surface area contributed by atoms with E-state index in [0.29, 0.717) is 0 Å². The van der Waals surface area contributed by atoms with Crippen LogP contribution in [0.4, 0.5) is 17.1 Å². The van der Waals surface area contributed by atoms with Crippen LogP contribution in [0, 0.1) is 0 Å². The lowest BCUT2D eigenvalue weighted by Crippen LogP contribution is -2.11. The van der Waals surface area contributed by atoms with E-state index in [0.717, 1.165) is 17.1 Å². The molecule has 1 aromatic heterocycles. The van der Waals surface area contributed by atoms with Gasteiger partial charge in [-0.3, -0.25) is 0 Å². The first-order valence-corrected chi connectivity index (χ1v) is 20.0. The van der Waals surface area contributed by atoms with Crippen molar-refractivity contribution in [3.05, 3.63) is 212 Å². The van der Waals surface area contributed by atoms with Gasteiger partial charge in [-0.1, -0.05) is 170 Å². The van der Waals surface area contributed by atoms with Gasteiger partial charge < -0.3 is 4.90 Å². The van der Waals surface area contributed by atoms with Crippen LogP contribution in [-0.4, -0.2) is 0 Å². The van der Waals surface area contributed by atoms with E-state index in [4.69, 9.17) is 0 Å². The highest BCUT2D eigenvalue weighted by molar-refractivity contribution is 7.26. The standard InChI is InChI=1S/C54H35NS/c1-2-11-37(12-3-1)45-14-6-8-19-51(45)55(44-33-29-39(30-34-44)47-17-10-18-49-48-16-7-9-20-52(48)56-54(47)49)43-31-27-36(28-32-43)42-26-23-40-22-25-41-24-21-38-13-4-5-15-46(38)53(41)50(40)35-42/h1-35H. The van der Waals surface area contributed by atoms with Crippen LogP contribution in [0.2, 0.25) is 0 Å². The third kappa shape index (κ3) is 5.46. The first-order chi connectivity index (χ1) is 27.8. The summed E-state index contributed by atoms with van der Waals surface area (Å²) >= 11 is 1.88. The molecule has 262 valence electrons. The number of para-hydroxylation sites is 1. The number of thiophene rings is 1. The van der Waals surface area contributed by atoms with Crippen LogP contribution in [0.1, 0.15) is 0 Å². The topological polar surface area (TPSA) is 3.24 Å². The molecule has 0 atom stereocenters. The summed E-state index contributed by atoms with van der Waals surface area (Å²) in [7, 11) is 0. The zero-order valence-corrected chi connectivity index (χ0v) is 31.4. The Bertz CT molecular complexity index is 3230. The monoisotopic (exact) mass is 729 g/mol. The Kier molecular flexibility index (Phi) is 7.75. The zero-order chi connectivity index (χ0) is 37.0. The molecule has 0 aliphatic rings. The first-order valence-electron chi connectivity index (χ1n) is 19.2. The lowest BCUT2D eigenvalue weighted by Gasteiger charge is -2.28. The van der Waals surface area contributed by atoms with Gasteiger partial charge in [-0.25, -0.2) is 0 Å². The van der Waals surface area contributed by atoms with Crippen molar-refractivity contribution in [1.29, 1.82) is 0 Å². The van der Waals surface area contributed by atoms with Crippen molar-refractivity contribution in [2.24, 2.45) is 0 Å². The van der Waals surface area contributed by atoms with Gasteiger partial charge in [0.15, 0.2) is 0 Å². The summed E-state index contributed by atoms with van der Waals surface area (Å²) in [6.07, 6.45) is 0. The quantitative estimate of drug-likeness (QED) is 0.154. The molecule has 0 fully saturated rings. The predicted molar refractivity (Wildman–Crippen MR) is 243 cm³/mol. The maximum absolute atomic E-state index is 2.40. The minimum Gasteiger partial charge on any atom is -0.310 e. The number of benzene rings is 10. The Balaban J connectivity index is 1.03. The van der Waals surface area contributed by atoms with Gasteiger partial charge in [-0.15, -0.1) is 11.3 Å². The number of anilines is 3. The lowest BCUT2D eigenvalue weighted by molar-refractivity contribution is 1.28. The summed E-state index contributed by atoms with van der Waals surface area (Å²) in [4.78, 5) is 2.40. The minimum absolute atomic E-state index is 1.11. The Hall–Kier alpha value is -7.00. The molecule has 56 heavy (non-hydrogen) atoms. The molecule has 0 saturated heterocycles. The van der Waals surface area contributed by atoms with E-state index < -0.39 is 0 Å². The van der Waals surface area contributed by atoms with E-state index in [2.05, 4.69) is 217 Å². The maximum atomic E-state index is 2.40. The van der Waals surface area contributed by atoms with Gasteiger partial charge in [0.25, 0.3) is 0 Å². The molecule has 0 saturated carbocycles. The van der Waals surface area contributed by atoms with Crippen LogP contribution in [0.25, 0.3) is 85.9 Å². The molecule has 0 aliphatic carbocycles. The molecule has 11 rings (SSSR count). The van der Waals surface area contributed by atoms with Crippen molar-refractivity contribution in [1.82, 2.24) is 0 Å². The third-order valence-electron chi connectivity index (χ3n) is 11.3. The fourth-order valence-corrected chi connectivity index (χ4v) is 9.77. The van der Waals surface area contributed by atoms with Crippen LogP contribution >= 0.6 is 11.3 Å². The Morgan fingerprint density at radius 3 is 1.68 bits per heavy atom. The average molecular weight is 730 g/mol. The highest BCUT2D eigenvalue weighted by atomic mass is 32.1. The second-order valence-corrected chi connectivity index (χ2v) is 15.5. The Morgan fingerprint density at radius 2 is 0.875 bits per heavy atom. The number of fused-ring (bicyclic) bond motifs is 8. The summed E-state index contributed by atoms with van der Waals surface area (Å²) < 4.78 is 2.66. The molecule has 10 aromatic carbocycles. The van der Waals surface area contributed by atoms with Gasteiger partial charge in [0.1, 0.15) is 0 Å². The molecule has 1 nitrogen and oxygen atoms in total. The number of nitrogens with zero attached hydrogens (tertiary/aromatic N) is 1. The van der Waals surface area contributed by atoms with Gasteiger partial charge in [-0.2, -0.15) is 0 Å². The summed E-state index contributed by atoms with van der Waals surface area (Å²) in [5, 5.41) is 10.3. The second-order valence-electron chi connectivity index (χ2n) is 14.5. The zero-order valence-electron chi connectivity index (χ0n) is 30.6. The molecule has 0 N–H and O–H groups in total. The van der Waals surface area contributed by atoms with Crippen LogP contribution < -0.4 is 4.90 Å². The fourth-order valence-electron chi connectivity index (χ4n) is 8.53. The van der Waals surface area contributed by atoms with Crippen molar-refractivity contribution < 1.29 is 0 Å². The van der Waals surface area contributed by atoms with Gasteiger partial charge in [0.05, 0.1) is 5.69 Å². The molecular formula is C54H35NS. The predicted octanol–water partition coefficient (Wildman–Crippen LogP) is 16.0. The lowest BCUT2D eigenvalue weighted by atomic mass is 9.94. The summed E-state index contributed by atoms with van der Waals surface area (Å²) in [6, 6.07) is 77.6. The van der Waals surface area contributed by atoms with Gasteiger partial charge in [0.2, 0.25) is 0 Å². The largest absolute Gasteiger partial charge is 0.310 e. The minimum atomic E-state index is 1.11. The Morgan fingerprint density at radius 1 is 0.321 bits per heavy atom. The van der Waals surface area contributed by atoms with Gasteiger partial charge in [-0.05, 0) is 103 Å². The molecule has 0 spiro atoms. The van der Waals surface area contributed by atoms with Crippen LogP contribution in [0.5, 0.6) is 0 Å². The highest BCUT2D eigenvalue weighted by Crippen LogP contribution is 2.44. The van der Waals surface area contributed by atoms with Crippen molar-refractivity contribution in [2.45, 2.75) is 0 Å². The first kappa shape index (κ1) is 32.4. The molecule has 1 heterocycles. The van der Waals surface area contributed by atoms with E-state index in [9.17, 15) is 0 Å². The average Bonchev–Trinajstić information content (AvgIpc) is 3.66. The molecule has 0 amide bonds. The highest BCUT2D eigenvalue weighted by Gasteiger charge is 2.18. The Labute approximate surface area is 330 Å². The van der Waals surface area contributed by atoms with Crippen molar-refractivity contribution >= 4 is 80.9 Å². The van der Waals surface area contributed by atoms with E-state index in [-0.39, 0.29) is 0 Å². The SMILES string of the molecule is c1ccc(-c2ccccc2N(c2ccc(-c3ccc4ccc5ccc6ccccc6c5c4c3)cc2)c2ccc(-c3cccc4c3sc3ccccc34)cc2)cc1. The van der Waals surface area contributed by atoms with Gasteiger partial charge in [0, 0.05) is 37.1 Å².